The van der Waals surface area contributed by atoms with Gasteiger partial charge in [0.15, 0.2) is 0 Å². The van der Waals surface area contributed by atoms with Gasteiger partial charge in [0.1, 0.15) is 11.5 Å². The van der Waals surface area contributed by atoms with E-state index in [1.54, 1.807) is 7.11 Å². The molecule has 0 atom stereocenters. The number of rotatable bonds is 6. The molecule has 0 bridgehead atoms. The van der Waals surface area contributed by atoms with Crippen LogP contribution in [0.4, 0.5) is 5.69 Å². The van der Waals surface area contributed by atoms with E-state index in [0.717, 1.165) is 35.4 Å². The van der Waals surface area contributed by atoms with Crippen LogP contribution in [0.15, 0.2) is 47.5 Å². The lowest BCUT2D eigenvalue weighted by molar-refractivity contribution is -0.112. The van der Waals surface area contributed by atoms with Crippen molar-refractivity contribution in [3.05, 3.63) is 58.6 Å². The summed E-state index contributed by atoms with van der Waals surface area (Å²) in [5, 5.41) is 0.612. The SMILES string of the molecule is CCCCN1C(=O)C(=NCc2ccc(OC)cc2)c2cc(Cl)ccc21. The quantitative estimate of drug-likeness (QED) is 0.765. The number of methoxy groups -OCH3 is 1. The first-order chi connectivity index (χ1) is 12.1. The number of nitrogens with zero attached hydrogens (tertiary/aromatic N) is 2. The van der Waals surface area contributed by atoms with Gasteiger partial charge in [-0.25, -0.2) is 0 Å². The normalized spacial score (nSPS) is 14.9. The smallest absolute Gasteiger partial charge is 0.277 e. The van der Waals surface area contributed by atoms with E-state index in [9.17, 15) is 4.79 Å². The zero-order valence-electron chi connectivity index (χ0n) is 14.5. The van der Waals surface area contributed by atoms with Crippen LogP contribution in [0.2, 0.25) is 5.02 Å². The summed E-state index contributed by atoms with van der Waals surface area (Å²) in [6.07, 6.45) is 1.99. The molecular weight excluding hydrogens is 336 g/mol. The molecule has 2 aromatic rings. The zero-order chi connectivity index (χ0) is 17.8. The number of ether oxygens (including phenoxy) is 1. The van der Waals surface area contributed by atoms with Gasteiger partial charge in [-0.05, 0) is 42.3 Å². The van der Waals surface area contributed by atoms with Gasteiger partial charge in [-0.2, -0.15) is 0 Å². The predicted octanol–water partition coefficient (Wildman–Crippen LogP) is 4.48. The van der Waals surface area contributed by atoms with Crippen molar-refractivity contribution in [3.8, 4) is 5.75 Å². The fourth-order valence-corrected chi connectivity index (χ4v) is 3.05. The summed E-state index contributed by atoms with van der Waals surface area (Å²) >= 11 is 6.14. The number of unbranched alkanes of at least 4 members (excludes halogenated alkanes) is 1. The molecule has 4 nitrogen and oxygen atoms in total. The standard InChI is InChI=1S/C20H21ClN2O2/c1-3-4-11-23-18-10-7-15(21)12-17(18)19(20(23)24)22-13-14-5-8-16(25-2)9-6-14/h5-10,12H,3-4,11,13H2,1-2H3. The van der Waals surface area contributed by atoms with E-state index in [1.165, 1.54) is 0 Å². The third-order valence-electron chi connectivity index (χ3n) is 4.27. The van der Waals surface area contributed by atoms with Crippen LogP contribution in [0.1, 0.15) is 30.9 Å². The van der Waals surface area contributed by atoms with E-state index in [-0.39, 0.29) is 5.91 Å². The molecule has 0 unspecified atom stereocenters. The number of fused-ring (bicyclic) bond motifs is 1. The van der Waals surface area contributed by atoms with Crippen LogP contribution in [-0.4, -0.2) is 25.3 Å². The summed E-state index contributed by atoms with van der Waals surface area (Å²) in [6, 6.07) is 13.2. The molecule has 130 valence electrons. The van der Waals surface area contributed by atoms with E-state index >= 15 is 0 Å². The van der Waals surface area contributed by atoms with Gasteiger partial charge in [0.2, 0.25) is 0 Å². The highest BCUT2D eigenvalue weighted by Gasteiger charge is 2.33. The molecule has 0 saturated carbocycles. The molecule has 1 heterocycles. The van der Waals surface area contributed by atoms with Crippen molar-refractivity contribution in [2.45, 2.75) is 26.3 Å². The summed E-state index contributed by atoms with van der Waals surface area (Å²) in [6.45, 7) is 3.26. The van der Waals surface area contributed by atoms with E-state index in [2.05, 4.69) is 11.9 Å². The third-order valence-corrected chi connectivity index (χ3v) is 4.50. The lowest BCUT2D eigenvalue weighted by Crippen LogP contribution is -2.31. The molecule has 0 aromatic heterocycles. The van der Waals surface area contributed by atoms with Crippen molar-refractivity contribution in [2.24, 2.45) is 4.99 Å². The fraction of sp³-hybridized carbons (Fsp3) is 0.300. The molecule has 0 saturated heterocycles. The van der Waals surface area contributed by atoms with Crippen LogP contribution in [0.3, 0.4) is 0 Å². The van der Waals surface area contributed by atoms with Gasteiger partial charge in [-0.3, -0.25) is 9.79 Å². The number of carbonyl (C=O) groups excluding carboxylic acids is 1. The maximum absolute atomic E-state index is 12.8. The first-order valence-electron chi connectivity index (χ1n) is 8.43. The molecule has 3 rings (SSSR count). The number of halogens is 1. The van der Waals surface area contributed by atoms with E-state index in [4.69, 9.17) is 16.3 Å². The molecule has 5 heteroatoms. The van der Waals surface area contributed by atoms with Gasteiger partial charge in [-0.1, -0.05) is 37.1 Å². The van der Waals surface area contributed by atoms with Crippen LogP contribution < -0.4 is 9.64 Å². The Morgan fingerprint density at radius 1 is 1.16 bits per heavy atom. The van der Waals surface area contributed by atoms with Gasteiger partial charge in [0.05, 0.1) is 19.3 Å². The predicted molar refractivity (Wildman–Crippen MR) is 102 cm³/mol. The summed E-state index contributed by atoms with van der Waals surface area (Å²) in [7, 11) is 1.64. The molecule has 2 aromatic carbocycles. The molecule has 1 aliphatic rings. The highest BCUT2D eigenvalue weighted by Crippen LogP contribution is 2.32. The monoisotopic (exact) mass is 356 g/mol. The number of hydrogen-bond donors (Lipinski definition) is 0. The van der Waals surface area contributed by atoms with Gasteiger partial charge in [-0.15, -0.1) is 0 Å². The lowest BCUT2D eigenvalue weighted by Gasteiger charge is -2.16. The van der Waals surface area contributed by atoms with Crippen molar-refractivity contribution in [2.75, 3.05) is 18.6 Å². The fourth-order valence-electron chi connectivity index (χ4n) is 2.88. The largest absolute Gasteiger partial charge is 0.497 e. The minimum absolute atomic E-state index is 0.0424. The maximum Gasteiger partial charge on any atom is 0.277 e. The summed E-state index contributed by atoms with van der Waals surface area (Å²) in [5.41, 5.74) is 3.24. The van der Waals surface area contributed by atoms with Crippen LogP contribution in [-0.2, 0) is 11.3 Å². The molecule has 0 spiro atoms. The second-order valence-electron chi connectivity index (χ2n) is 5.98. The molecule has 0 N–H and O–H groups in total. The van der Waals surface area contributed by atoms with E-state index in [0.29, 0.717) is 23.8 Å². The molecule has 1 aliphatic heterocycles. The molecule has 0 aliphatic carbocycles. The van der Waals surface area contributed by atoms with Crippen molar-refractivity contribution < 1.29 is 9.53 Å². The van der Waals surface area contributed by atoms with E-state index < -0.39 is 0 Å². The Balaban J connectivity index is 1.89. The third kappa shape index (κ3) is 3.69. The van der Waals surface area contributed by atoms with Crippen LogP contribution in [0, 0.1) is 0 Å². The summed E-state index contributed by atoms with van der Waals surface area (Å²) < 4.78 is 5.16. The topological polar surface area (TPSA) is 41.9 Å². The van der Waals surface area contributed by atoms with Crippen LogP contribution in [0.5, 0.6) is 5.75 Å². The van der Waals surface area contributed by atoms with Crippen molar-refractivity contribution in [1.82, 2.24) is 0 Å². The number of aliphatic imine (C=N–C) groups is 1. The number of benzene rings is 2. The summed E-state index contributed by atoms with van der Waals surface area (Å²) in [5.74, 6) is 0.760. The average Bonchev–Trinajstić information content (AvgIpc) is 2.89. The van der Waals surface area contributed by atoms with Gasteiger partial charge < -0.3 is 9.64 Å². The Labute approximate surface area is 153 Å². The van der Waals surface area contributed by atoms with Crippen LogP contribution >= 0.6 is 11.6 Å². The second kappa shape index (κ2) is 7.70. The second-order valence-corrected chi connectivity index (χ2v) is 6.42. The Bertz CT molecular complexity index is 800. The number of carbonyl (C=O) groups is 1. The van der Waals surface area contributed by atoms with Gasteiger partial charge >= 0.3 is 0 Å². The number of hydrogen-bond acceptors (Lipinski definition) is 3. The lowest BCUT2D eigenvalue weighted by atomic mass is 10.1. The Hall–Kier alpha value is -2.33. The Morgan fingerprint density at radius 3 is 2.60 bits per heavy atom. The Kier molecular flexibility index (Phi) is 5.39. The summed E-state index contributed by atoms with van der Waals surface area (Å²) in [4.78, 5) is 19.2. The molecule has 0 radical (unpaired) electrons. The van der Waals surface area contributed by atoms with Crippen molar-refractivity contribution in [1.29, 1.82) is 0 Å². The van der Waals surface area contributed by atoms with Gasteiger partial charge in [0.25, 0.3) is 5.91 Å². The minimum Gasteiger partial charge on any atom is -0.497 e. The van der Waals surface area contributed by atoms with Gasteiger partial charge in [0, 0.05) is 17.1 Å². The highest BCUT2D eigenvalue weighted by atomic mass is 35.5. The molecule has 25 heavy (non-hydrogen) atoms. The first-order valence-corrected chi connectivity index (χ1v) is 8.81. The zero-order valence-corrected chi connectivity index (χ0v) is 15.2. The average molecular weight is 357 g/mol. The Morgan fingerprint density at radius 2 is 1.92 bits per heavy atom. The molecule has 0 fully saturated rings. The first kappa shape index (κ1) is 17.5. The number of anilines is 1. The van der Waals surface area contributed by atoms with E-state index in [1.807, 2.05) is 47.4 Å². The molecular formula is C20H21ClN2O2. The highest BCUT2D eigenvalue weighted by molar-refractivity contribution is 6.54. The van der Waals surface area contributed by atoms with Crippen LogP contribution in [0.25, 0.3) is 0 Å². The van der Waals surface area contributed by atoms with Crippen molar-refractivity contribution >= 4 is 28.9 Å². The molecule has 1 amide bonds. The minimum atomic E-state index is -0.0424. The van der Waals surface area contributed by atoms with Crippen molar-refractivity contribution in [3.63, 3.8) is 0 Å². The maximum atomic E-state index is 12.8. The number of amides is 1.